The fraction of sp³-hybridized carbons (Fsp3) is 0.160. The molecule has 0 atom stereocenters. The Hall–Kier alpha value is -4.00. The van der Waals surface area contributed by atoms with E-state index in [2.05, 4.69) is 22.8 Å². The highest BCUT2D eigenvalue weighted by atomic mass is 19.1. The first-order valence-electron chi connectivity index (χ1n) is 10.3. The van der Waals surface area contributed by atoms with Crippen LogP contribution in [0.15, 0.2) is 77.9 Å². The first-order chi connectivity index (χ1) is 15.6. The minimum atomic E-state index is -0.476. The fourth-order valence-corrected chi connectivity index (χ4v) is 2.80. The molecule has 0 aliphatic rings. The molecule has 0 heterocycles. The number of unbranched alkanes of at least 4 members (excludes halogenated alkanes) is 1. The molecule has 3 rings (SSSR count). The third kappa shape index (κ3) is 6.50. The molecule has 164 valence electrons. The van der Waals surface area contributed by atoms with Crippen molar-refractivity contribution in [3.63, 3.8) is 0 Å². The molecular weight excluding hydrogens is 409 g/mol. The van der Waals surface area contributed by atoms with Gasteiger partial charge in [-0.2, -0.15) is 5.10 Å². The lowest BCUT2D eigenvalue weighted by atomic mass is 10.1. The summed E-state index contributed by atoms with van der Waals surface area (Å²) in [5.74, 6) is -0.575. The molecule has 3 aromatic rings. The van der Waals surface area contributed by atoms with Crippen LogP contribution in [0.25, 0.3) is 0 Å². The number of carbonyl (C=O) groups excluding carboxylic acids is 2. The molecule has 0 aromatic heterocycles. The normalized spacial score (nSPS) is 10.7. The molecule has 7 heteroatoms. The summed E-state index contributed by atoms with van der Waals surface area (Å²) >= 11 is 0. The molecule has 0 spiro atoms. The predicted molar refractivity (Wildman–Crippen MR) is 123 cm³/mol. The molecule has 0 aliphatic carbocycles. The van der Waals surface area contributed by atoms with E-state index in [0.717, 1.165) is 24.2 Å². The largest absolute Gasteiger partial charge is 0.494 e. The number of nitrogens with one attached hydrogen (secondary N) is 2. The maximum absolute atomic E-state index is 13.1. The summed E-state index contributed by atoms with van der Waals surface area (Å²) in [5, 5.41) is 6.67. The molecule has 0 bridgehead atoms. The van der Waals surface area contributed by atoms with Crippen LogP contribution >= 0.6 is 0 Å². The number of hydrogen-bond donors (Lipinski definition) is 2. The number of para-hydroxylation sites is 1. The van der Waals surface area contributed by atoms with Crippen LogP contribution < -0.4 is 15.5 Å². The lowest BCUT2D eigenvalue weighted by molar-refractivity contribution is 0.0956. The zero-order valence-corrected chi connectivity index (χ0v) is 17.7. The average Bonchev–Trinajstić information content (AvgIpc) is 2.81. The quantitative estimate of drug-likeness (QED) is 0.282. The molecule has 0 fully saturated rings. The summed E-state index contributed by atoms with van der Waals surface area (Å²) in [6.07, 6.45) is 3.60. The van der Waals surface area contributed by atoms with Crippen molar-refractivity contribution in [1.29, 1.82) is 0 Å². The average molecular weight is 433 g/mol. The van der Waals surface area contributed by atoms with Gasteiger partial charge >= 0.3 is 0 Å². The highest BCUT2D eigenvalue weighted by Crippen LogP contribution is 2.17. The molecule has 32 heavy (non-hydrogen) atoms. The van der Waals surface area contributed by atoms with Crippen LogP contribution in [0.4, 0.5) is 10.1 Å². The number of carbonyl (C=O) groups is 2. The molecule has 2 N–H and O–H groups in total. The zero-order valence-electron chi connectivity index (χ0n) is 17.7. The van der Waals surface area contributed by atoms with Gasteiger partial charge in [0.1, 0.15) is 11.6 Å². The van der Waals surface area contributed by atoms with E-state index >= 15 is 0 Å². The van der Waals surface area contributed by atoms with Crippen molar-refractivity contribution in [2.45, 2.75) is 19.8 Å². The fourth-order valence-electron chi connectivity index (χ4n) is 2.80. The van der Waals surface area contributed by atoms with Gasteiger partial charge in [-0.1, -0.05) is 25.5 Å². The first kappa shape index (κ1) is 22.7. The summed E-state index contributed by atoms with van der Waals surface area (Å²) in [6, 6.07) is 19.1. The van der Waals surface area contributed by atoms with Crippen LogP contribution in [0.5, 0.6) is 5.75 Å². The Morgan fingerprint density at radius 3 is 2.41 bits per heavy atom. The van der Waals surface area contributed by atoms with Crippen molar-refractivity contribution >= 4 is 23.7 Å². The van der Waals surface area contributed by atoms with Crippen LogP contribution in [-0.4, -0.2) is 24.6 Å². The molecule has 0 radical (unpaired) electrons. The molecule has 0 saturated carbocycles. The van der Waals surface area contributed by atoms with Gasteiger partial charge in [0.15, 0.2) is 0 Å². The second-order valence-electron chi connectivity index (χ2n) is 6.98. The Kier molecular flexibility index (Phi) is 8.09. The molecule has 0 unspecified atom stereocenters. The number of ether oxygens (including phenoxy) is 1. The monoisotopic (exact) mass is 433 g/mol. The van der Waals surface area contributed by atoms with Gasteiger partial charge in [0.25, 0.3) is 11.8 Å². The number of benzene rings is 3. The second kappa shape index (κ2) is 11.4. The topological polar surface area (TPSA) is 79.8 Å². The van der Waals surface area contributed by atoms with E-state index in [4.69, 9.17) is 4.74 Å². The second-order valence-corrected chi connectivity index (χ2v) is 6.98. The number of amides is 2. The van der Waals surface area contributed by atoms with Gasteiger partial charge in [0.2, 0.25) is 0 Å². The van der Waals surface area contributed by atoms with Crippen molar-refractivity contribution < 1.29 is 18.7 Å². The smallest absolute Gasteiger partial charge is 0.273 e. The van der Waals surface area contributed by atoms with Crippen molar-refractivity contribution in [2.24, 2.45) is 5.10 Å². The molecular formula is C25H24FN3O3. The van der Waals surface area contributed by atoms with Crippen molar-refractivity contribution in [3.05, 3.63) is 95.3 Å². The van der Waals surface area contributed by atoms with Crippen molar-refractivity contribution in [3.8, 4) is 5.75 Å². The SMILES string of the molecule is CCCCOc1ccc(/C=N/NC(=O)c2ccccc2NC(=O)c2ccc(F)cc2)cc1. The molecule has 0 aliphatic heterocycles. The van der Waals surface area contributed by atoms with Crippen LogP contribution in [0, 0.1) is 5.82 Å². The maximum Gasteiger partial charge on any atom is 0.273 e. The minimum absolute atomic E-state index is 0.250. The number of hydrazone groups is 1. The standard InChI is InChI=1S/C25H24FN3O3/c1-2-3-16-32-21-14-8-18(9-15-21)17-27-29-25(31)22-6-4-5-7-23(22)28-24(30)19-10-12-20(26)13-11-19/h4-15,17H,2-3,16H2,1H3,(H,28,30)(H,29,31)/b27-17+. The lowest BCUT2D eigenvalue weighted by Gasteiger charge is -2.10. The molecule has 2 amide bonds. The Morgan fingerprint density at radius 1 is 0.969 bits per heavy atom. The van der Waals surface area contributed by atoms with Crippen molar-refractivity contribution in [2.75, 3.05) is 11.9 Å². The van der Waals surface area contributed by atoms with E-state index in [9.17, 15) is 14.0 Å². The van der Waals surface area contributed by atoms with Gasteiger partial charge in [0.05, 0.1) is 24.1 Å². The summed E-state index contributed by atoms with van der Waals surface area (Å²) in [4.78, 5) is 25.0. The number of rotatable bonds is 9. The number of hydrogen-bond acceptors (Lipinski definition) is 4. The summed E-state index contributed by atoms with van der Waals surface area (Å²) in [7, 11) is 0. The summed E-state index contributed by atoms with van der Waals surface area (Å²) < 4.78 is 18.7. The minimum Gasteiger partial charge on any atom is -0.494 e. The third-order valence-electron chi connectivity index (χ3n) is 4.55. The zero-order chi connectivity index (χ0) is 22.8. The van der Waals surface area contributed by atoms with Crippen LogP contribution in [0.2, 0.25) is 0 Å². The summed E-state index contributed by atoms with van der Waals surface area (Å²) in [6.45, 7) is 2.78. The number of halogens is 1. The number of anilines is 1. The van der Waals surface area contributed by atoms with E-state index in [1.807, 2.05) is 24.3 Å². The van der Waals surface area contributed by atoms with E-state index in [1.165, 1.54) is 30.5 Å². The Balaban J connectivity index is 1.60. The van der Waals surface area contributed by atoms with Gasteiger partial charge < -0.3 is 10.1 Å². The molecule has 6 nitrogen and oxygen atoms in total. The van der Waals surface area contributed by atoms with Gasteiger partial charge in [-0.25, -0.2) is 9.82 Å². The Bertz CT molecular complexity index is 1080. The Labute approximate surface area is 186 Å². The highest BCUT2D eigenvalue weighted by molar-refractivity contribution is 6.09. The van der Waals surface area contributed by atoms with Gasteiger partial charge in [-0.05, 0) is 72.6 Å². The first-order valence-corrected chi connectivity index (χ1v) is 10.3. The van der Waals surface area contributed by atoms with Crippen LogP contribution in [-0.2, 0) is 0 Å². The van der Waals surface area contributed by atoms with Gasteiger partial charge in [-0.15, -0.1) is 0 Å². The summed E-state index contributed by atoms with van der Waals surface area (Å²) in [5.41, 5.74) is 4.11. The number of nitrogens with zero attached hydrogens (tertiary/aromatic N) is 1. The van der Waals surface area contributed by atoms with Gasteiger partial charge in [0, 0.05) is 5.56 Å². The third-order valence-corrected chi connectivity index (χ3v) is 4.55. The van der Waals surface area contributed by atoms with Crippen molar-refractivity contribution in [1.82, 2.24) is 5.43 Å². The van der Waals surface area contributed by atoms with E-state index in [0.29, 0.717) is 12.3 Å². The highest BCUT2D eigenvalue weighted by Gasteiger charge is 2.13. The maximum atomic E-state index is 13.1. The lowest BCUT2D eigenvalue weighted by Crippen LogP contribution is -2.21. The van der Waals surface area contributed by atoms with E-state index < -0.39 is 17.6 Å². The molecule has 0 saturated heterocycles. The predicted octanol–water partition coefficient (Wildman–Crippen LogP) is 5.02. The van der Waals surface area contributed by atoms with Crippen LogP contribution in [0.3, 0.4) is 0 Å². The Morgan fingerprint density at radius 2 is 1.69 bits per heavy atom. The van der Waals surface area contributed by atoms with Gasteiger partial charge in [-0.3, -0.25) is 9.59 Å². The van der Waals surface area contributed by atoms with E-state index in [-0.39, 0.29) is 11.1 Å². The molecule has 3 aromatic carbocycles. The van der Waals surface area contributed by atoms with E-state index in [1.54, 1.807) is 24.3 Å². The van der Waals surface area contributed by atoms with Crippen LogP contribution in [0.1, 0.15) is 46.0 Å².